The van der Waals surface area contributed by atoms with Crippen molar-refractivity contribution in [2.24, 2.45) is 0 Å². The summed E-state index contributed by atoms with van der Waals surface area (Å²) in [5.74, 6) is 0. The van der Waals surface area contributed by atoms with Crippen LogP contribution >= 0.6 is 11.3 Å². The lowest BCUT2D eigenvalue weighted by Gasteiger charge is -2.21. The summed E-state index contributed by atoms with van der Waals surface area (Å²) in [6.45, 7) is 9.72. The van der Waals surface area contributed by atoms with Gasteiger partial charge in [-0.15, -0.1) is 11.3 Å². The SMILES string of the molecule is CCCNC(Cc1csc(C)n1)c1cccc(C)c1C. The summed E-state index contributed by atoms with van der Waals surface area (Å²) >= 11 is 1.73. The molecule has 0 aliphatic carbocycles. The van der Waals surface area contributed by atoms with Crippen molar-refractivity contribution in [1.82, 2.24) is 10.3 Å². The molecule has 0 radical (unpaired) electrons. The van der Waals surface area contributed by atoms with Crippen LogP contribution in [0.5, 0.6) is 0 Å². The van der Waals surface area contributed by atoms with Gasteiger partial charge in [-0.05, 0) is 50.4 Å². The lowest BCUT2D eigenvalue weighted by Crippen LogP contribution is -2.25. The first-order valence-corrected chi connectivity index (χ1v) is 8.20. The van der Waals surface area contributed by atoms with Gasteiger partial charge in [0.2, 0.25) is 0 Å². The van der Waals surface area contributed by atoms with E-state index in [0.717, 1.165) is 24.4 Å². The fourth-order valence-electron chi connectivity index (χ4n) is 2.47. The predicted octanol–water partition coefficient (Wildman–Crippen LogP) is 4.35. The monoisotopic (exact) mass is 288 g/mol. The molecule has 1 aromatic heterocycles. The van der Waals surface area contributed by atoms with Crippen LogP contribution in [0.2, 0.25) is 0 Å². The van der Waals surface area contributed by atoms with Gasteiger partial charge in [0, 0.05) is 17.8 Å². The van der Waals surface area contributed by atoms with Crippen molar-refractivity contribution < 1.29 is 0 Å². The maximum atomic E-state index is 4.61. The quantitative estimate of drug-likeness (QED) is 0.854. The summed E-state index contributed by atoms with van der Waals surface area (Å²) in [6, 6.07) is 6.94. The average molecular weight is 288 g/mol. The van der Waals surface area contributed by atoms with Crippen LogP contribution < -0.4 is 5.32 Å². The van der Waals surface area contributed by atoms with Crippen molar-refractivity contribution >= 4 is 11.3 Å². The molecule has 0 saturated heterocycles. The number of aromatic nitrogens is 1. The summed E-state index contributed by atoms with van der Waals surface area (Å²) in [6.07, 6.45) is 2.12. The molecule has 0 aliphatic rings. The van der Waals surface area contributed by atoms with Gasteiger partial charge in [-0.25, -0.2) is 4.98 Å². The van der Waals surface area contributed by atoms with Gasteiger partial charge in [0.05, 0.1) is 10.7 Å². The highest BCUT2D eigenvalue weighted by Crippen LogP contribution is 2.24. The molecule has 1 heterocycles. The molecule has 0 bridgehead atoms. The van der Waals surface area contributed by atoms with Crippen molar-refractivity contribution in [1.29, 1.82) is 0 Å². The highest BCUT2D eigenvalue weighted by Gasteiger charge is 2.15. The predicted molar refractivity (Wildman–Crippen MR) is 87.5 cm³/mol. The Morgan fingerprint density at radius 3 is 2.70 bits per heavy atom. The molecular formula is C17H24N2S. The van der Waals surface area contributed by atoms with Crippen LogP contribution in [-0.2, 0) is 6.42 Å². The number of nitrogens with one attached hydrogen (secondary N) is 1. The number of aryl methyl sites for hydroxylation is 2. The molecular weight excluding hydrogens is 264 g/mol. The summed E-state index contributed by atoms with van der Waals surface area (Å²) in [5.41, 5.74) is 5.36. The summed E-state index contributed by atoms with van der Waals surface area (Å²) in [7, 11) is 0. The fraction of sp³-hybridized carbons (Fsp3) is 0.471. The van der Waals surface area contributed by atoms with Crippen LogP contribution in [0, 0.1) is 20.8 Å². The lowest BCUT2D eigenvalue weighted by atomic mass is 9.94. The van der Waals surface area contributed by atoms with E-state index < -0.39 is 0 Å². The van der Waals surface area contributed by atoms with Crippen molar-refractivity contribution in [3.05, 3.63) is 51.0 Å². The molecule has 1 atom stereocenters. The van der Waals surface area contributed by atoms with Crippen molar-refractivity contribution in [2.75, 3.05) is 6.54 Å². The van der Waals surface area contributed by atoms with E-state index in [0.29, 0.717) is 6.04 Å². The zero-order valence-corrected chi connectivity index (χ0v) is 13.7. The number of hydrogen-bond acceptors (Lipinski definition) is 3. The van der Waals surface area contributed by atoms with E-state index in [-0.39, 0.29) is 0 Å². The Morgan fingerprint density at radius 1 is 1.25 bits per heavy atom. The number of rotatable bonds is 6. The minimum Gasteiger partial charge on any atom is -0.310 e. The number of benzene rings is 1. The second kappa shape index (κ2) is 7.00. The van der Waals surface area contributed by atoms with Gasteiger partial charge in [-0.1, -0.05) is 25.1 Å². The van der Waals surface area contributed by atoms with E-state index in [1.807, 2.05) is 0 Å². The summed E-state index contributed by atoms with van der Waals surface area (Å²) in [4.78, 5) is 4.61. The highest BCUT2D eigenvalue weighted by atomic mass is 32.1. The summed E-state index contributed by atoms with van der Waals surface area (Å²) < 4.78 is 0. The van der Waals surface area contributed by atoms with Crippen molar-refractivity contribution in [3.8, 4) is 0 Å². The zero-order chi connectivity index (χ0) is 14.5. The molecule has 20 heavy (non-hydrogen) atoms. The second-order valence-corrected chi connectivity index (χ2v) is 6.42. The minimum absolute atomic E-state index is 0.358. The van der Waals surface area contributed by atoms with Gasteiger partial charge in [-0.3, -0.25) is 0 Å². The number of hydrogen-bond donors (Lipinski definition) is 1. The van der Waals surface area contributed by atoms with E-state index in [1.54, 1.807) is 11.3 Å². The van der Waals surface area contributed by atoms with Crippen LogP contribution in [0.1, 0.15) is 46.8 Å². The maximum Gasteiger partial charge on any atom is 0.0897 e. The molecule has 2 nitrogen and oxygen atoms in total. The van der Waals surface area contributed by atoms with Gasteiger partial charge in [0.15, 0.2) is 0 Å². The maximum absolute atomic E-state index is 4.61. The minimum atomic E-state index is 0.358. The van der Waals surface area contributed by atoms with E-state index in [4.69, 9.17) is 0 Å². The molecule has 0 aliphatic heterocycles. The van der Waals surface area contributed by atoms with Crippen molar-refractivity contribution in [2.45, 2.75) is 46.6 Å². The van der Waals surface area contributed by atoms with Gasteiger partial charge in [0.1, 0.15) is 0 Å². The molecule has 2 rings (SSSR count). The van der Waals surface area contributed by atoms with Gasteiger partial charge in [0.25, 0.3) is 0 Å². The number of nitrogens with zero attached hydrogens (tertiary/aromatic N) is 1. The molecule has 1 unspecified atom stereocenters. The Hall–Kier alpha value is -1.19. The third-order valence-electron chi connectivity index (χ3n) is 3.74. The first-order chi connectivity index (χ1) is 9.61. The third kappa shape index (κ3) is 3.68. The Balaban J connectivity index is 2.24. The third-order valence-corrected chi connectivity index (χ3v) is 4.56. The molecule has 0 fully saturated rings. The molecule has 3 heteroatoms. The van der Waals surface area contributed by atoms with Gasteiger partial charge < -0.3 is 5.32 Å². The average Bonchev–Trinajstić information content (AvgIpc) is 2.83. The first kappa shape index (κ1) is 15.2. The van der Waals surface area contributed by atoms with Crippen LogP contribution in [0.15, 0.2) is 23.6 Å². The van der Waals surface area contributed by atoms with Crippen LogP contribution in [0.4, 0.5) is 0 Å². The Bertz CT molecular complexity index is 560. The molecule has 1 N–H and O–H groups in total. The molecule has 2 aromatic rings. The van der Waals surface area contributed by atoms with Crippen molar-refractivity contribution in [3.63, 3.8) is 0 Å². The topological polar surface area (TPSA) is 24.9 Å². The Kier molecular flexibility index (Phi) is 5.32. The van der Waals surface area contributed by atoms with Gasteiger partial charge >= 0.3 is 0 Å². The van der Waals surface area contributed by atoms with Gasteiger partial charge in [-0.2, -0.15) is 0 Å². The molecule has 0 spiro atoms. The molecule has 108 valence electrons. The van der Waals surface area contributed by atoms with E-state index in [1.165, 1.54) is 22.4 Å². The first-order valence-electron chi connectivity index (χ1n) is 7.32. The Morgan fingerprint density at radius 2 is 2.05 bits per heavy atom. The highest BCUT2D eigenvalue weighted by molar-refractivity contribution is 7.09. The van der Waals surface area contributed by atoms with Crippen LogP contribution in [0.25, 0.3) is 0 Å². The van der Waals surface area contributed by atoms with Crippen LogP contribution in [0.3, 0.4) is 0 Å². The van der Waals surface area contributed by atoms with E-state index >= 15 is 0 Å². The standard InChI is InChI=1S/C17H24N2S/c1-5-9-18-17(10-15-11-20-14(4)19-15)16-8-6-7-12(2)13(16)3/h6-8,11,17-18H,5,9-10H2,1-4H3. The van der Waals surface area contributed by atoms with Crippen LogP contribution in [-0.4, -0.2) is 11.5 Å². The summed E-state index contributed by atoms with van der Waals surface area (Å²) in [5, 5.41) is 7.01. The zero-order valence-electron chi connectivity index (χ0n) is 12.9. The largest absolute Gasteiger partial charge is 0.310 e. The normalized spacial score (nSPS) is 12.6. The fourth-order valence-corrected chi connectivity index (χ4v) is 3.10. The van der Waals surface area contributed by atoms with E-state index in [9.17, 15) is 0 Å². The molecule has 0 amide bonds. The lowest BCUT2D eigenvalue weighted by molar-refractivity contribution is 0.523. The Labute approximate surface area is 126 Å². The van der Waals surface area contributed by atoms with E-state index in [2.05, 4.69) is 61.6 Å². The number of thiazole rings is 1. The molecule has 0 saturated carbocycles. The molecule has 1 aromatic carbocycles. The smallest absolute Gasteiger partial charge is 0.0897 e. The second-order valence-electron chi connectivity index (χ2n) is 5.36.